The third-order valence-electron chi connectivity index (χ3n) is 4.37. The maximum absolute atomic E-state index is 13.3. The largest absolute Gasteiger partial charge is 0.573 e. The van der Waals surface area contributed by atoms with E-state index in [1.165, 1.54) is 6.92 Å². The van der Waals surface area contributed by atoms with Crippen molar-refractivity contribution in [2.45, 2.75) is 19.5 Å². The smallest absolute Gasteiger partial charge is 0.491 e. The number of rotatable bonds is 8. The van der Waals surface area contributed by atoms with Gasteiger partial charge in [0.1, 0.15) is 23.5 Å². The summed E-state index contributed by atoms with van der Waals surface area (Å²) in [7, 11) is 0. The van der Waals surface area contributed by atoms with Crippen LogP contribution >= 0.6 is 0 Å². The lowest BCUT2D eigenvalue weighted by molar-refractivity contribution is -0.274. The average Bonchev–Trinajstić information content (AvgIpc) is 2.74. The normalized spacial score (nSPS) is 13.4. The zero-order chi connectivity index (χ0) is 25.7. The molecule has 7 nitrogen and oxygen atoms in total. The van der Waals surface area contributed by atoms with Crippen LogP contribution in [0.25, 0.3) is 0 Å². The molecule has 2 rings (SSSR count). The number of primary amides is 1. The van der Waals surface area contributed by atoms with Crippen molar-refractivity contribution in [3.63, 3.8) is 0 Å². The minimum absolute atomic E-state index is 0.0443. The average molecular weight is 489 g/mol. The lowest BCUT2D eigenvalue weighted by Crippen LogP contribution is -2.38. The number of amides is 2. The number of nitrogens with zero attached hydrogens (tertiary/aromatic N) is 1. The van der Waals surface area contributed by atoms with Crippen molar-refractivity contribution < 1.29 is 45.4 Å². The molecular weight excluding hydrogens is 472 g/mol. The molecule has 0 saturated carbocycles. The van der Waals surface area contributed by atoms with Crippen LogP contribution in [-0.4, -0.2) is 31.3 Å². The molecule has 0 aliphatic carbocycles. The minimum atomic E-state index is -4.90. The second-order valence-electron chi connectivity index (χ2n) is 7.29. The number of hydrogen-bond acceptors (Lipinski definition) is 5. The first kappa shape index (κ1) is 26.3. The second-order valence-corrected chi connectivity index (χ2v) is 7.29. The minimum Gasteiger partial charge on any atom is -0.491 e. The summed E-state index contributed by atoms with van der Waals surface area (Å²) in [6.07, 6.45) is -9.77. The summed E-state index contributed by atoms with van der Waals surface area (Å²) in [6.45, 7) is 0.392. The van der Waals surface area contributed by atoms with Crippen LogP contribution in [0.4, 0.5) is 26.3 Å². The van der Waals surface area contributed by atoms with Crippen LogP contribution in [0.2, 0.25) is 0 Å². The Bertz CT molecular complexity index is 1090. The molecule has 0 spiro atoms. The number of nitriles is 1. The summed E-state index contributed by atoms with van der Waals surface area (Å²) in [5.41, 5.74) is 1.82. The van der Waals surface area contributed by atoms with E-state index in [-0.39, 0.29) is 17.7 Å². The molecule has 2 aromatic carbocycles. The summed E-state index contributed by atoms with van der Waals surface area (Å²) < 4.78 is 85.5. The van der Waals surface area contributed by atoms with Gasteiger partial charge in [0.05, 0.1) is 11.6 Å². The Labute approximate surface area is 189 Å². The topological polar surface area (TPSA) is 114 Å². The Balaban J connectivity index is 2.07. The molecule has 0 aliphatic rings. The summed E-state index contributed by atoms with van der Waals surface area (Å²) in [5.74, 6) is -3.01. The van der Waals surface area contributed by atoms with Gasteiger partial charge in [-0.05, 0) is 49.4 Å². The first-order valence-corrected chi connectivity index (χ1v) is 9.33. The van der Waals surface area contributed by atoms with Gasteiger partial charge in [0.25, 0.3) is 5.91 Å². The van der Waals surface area contributed by atoms with Gasteiger partial charge in [0.15, 0.2) is 0 Å². The molecule has 0 fully saturated rings. The van der Waals surface area contributed by atoms with Crippen molar-refractivity contribution in [3.8, 4) is 17.6 Å². The number of nitrogens with two attached hydrogens (primary N) is 1. The number of nitrogens with one attached hydrogen (secondary N) is 1. The van der Waals surface area contributed by atoms with Crippen molar-refractivity contribution in [1.82, 2.24) is 5.32 Å². The quantitative estimate of drug-likeness (QED) is 0.544. The van der Waals surface area contributed by atoms with Gasteiger partial charge in [-0.2, -0.15) is 18.4 Å². The number of benzene rings is 2. The molecular formula is C21H17F6N3O4. The lowest BCUT2D eigenvalue weighted by Gasteiger charge is -2.24. The van der Waals surface area contributed by atoms with Crippen LogP contribution in [0, 0.1) is 16.7 Å². The molecule has 0 aromatic heterocycles. The van der Waals surface area contributed by atoms with E-state index in [1.54, 1.807) is 0 Å². The Morgan fingerprint density at radius 2 is 1.62 bits per heavy atom. The fourth-order valence-electron chi connectivity index (χ4n) is 2.58. The van der Waals surface area contributed by atoms with Crippen molar-refractivity contribution in [1.29, 1.82) is 5.26 Å². The number of halogens is 6. The van der Waals surface area contributed by atoms with Gasteiger partial charge in [-0.1, -0.05) is 0 Å². The SMILES string of the molecule is CC(C#N)(CNC(=O)c1ccc(OC(F)(F)F)cc1)COc1ccc(C(N)=O)cc1C(F)(F)F. The predicted molar refractivity (Wildman–Crippen MR) is 105 cm³/mol. The van der Waals surface area contributed by atoms with Gasteiger partial charge >= 0.3 is 12.5 Å². The lowest BCUT2D eigenvalue weighted by atomic mass is 9.93. The Morgan fingerprint density at radius 3 is 2.12 bits per heavy atom. The highest BCUT2D eigenvalue weighted by molar-refractivity contribution is 5.94. The first-order valence-electron chi connectivity index (χ1n) is 9.33. The molecule has 3 N–H and O–H groups in total. The monoisotopic (exact) mass is 489 g/mol. The predicted octanol–water partition coefficient (Wildman–Crippen LogP) is 4.04. The first-order chi connectivity index (χ1) is 15.6. The molecule has 13 heteroatoms. The van der Waals surface area contributed by atoms with Crippen LogP contribution < -0.4 is 20.5 Å². The van der Waals surface area contributed by atoms with Crippen LogP contribution in [0.15, 0.2) is 42.5 Å². The molecule has 182 valence electrons. The van der Waals surface area contributed by atoms with Crippen LogP contribution in [0.5, 0.6) is 11.5 Å². The number of alkyl halides is 6. The van der Waals surface area contributed by atoms with Gasteiger partial charge in [-0.25, -0.2) is 0 Å². The molecule has 0 bridgehead atoms. The number of carbonyl (C=O) groups excluding carboxylic acids is 2. The van der Waals surface area contributed by atoms with Gasteiger partial charge < -0.3 is 20.5 Å². The third kappa shape index (κ3) is 7.29. The van der Waals surface area contributed by atoms with Crippen LogP contribution in [0.3, 0.4) is 0 Å². The molecule has 1 unspecified atom stereocenters. The number of ether oxygens (including phenoxy) is 2. The molecule has 0 aliphatic heterocycles. The van der Waals surface area contributed by atoms with E-state index in [2.05, 4.69) is 10.1 Å². The van der Waals surface area contributed by atoms with Gasteiger partial charge in [-0.15, -0.1) is 13.2 Å². The third-order valence-corrected chi connectivity index (χ3v) is 4.37. The van der Waals surface area contributed by atoms with Crippen molar-refractivity contribution >= 4 is 11.8 Å². The highest BCUT2D eigenvalue weighted by Crippen LogP contribution is 2.37. The molecule has 2 aromatic rings. The Kier molecular flexibility index (Phi) is 7.66. The fourth-order valence-corrected chi connectivity index (χ4v) is 2.58. The molecule has 0 heterocycles. The summed E-state index contributed by atoms with van der Waals surface area (Å²) in [5, 5.41) is 11.8. The summed E-state index contributed by atoms with van der Waals surface area (Å²) in [6, 6.07) is 8.25. The van der Waals surface area contributed by atoms with Crippen LogP contribution in [-0.2, 0) is 6.18 Å². The van der Waals surface area contributed by atoms with E-state index in [0.29, 0.717) is 6.07 Å². The van der Waals surface area contributed by atoms with E-state index in [9.17, 15) is 41.2 Å². The van der Waals surface area contributed by atoms with E-state index in [4.69, 9.17) is 10.5 Å². The van der Waals surface area contributed by atoms with E-state index in [0.717, 1.165) is 36.4 Å². The van der Waals surface area contributed by atoms with Gasteiger partial charge in [0.2, 0.25) is 5.91 Å². The van der Waals surface area contributed by atoms with Gasteiger partial charge in [-0.3, -0.25) is 9.59 Å². The maximum atomic E-state index is 13.3. The highest BCUT2D eigenvalue weighted by atomic mass is 19.4. The van der Waals surface area contributed by atoms with Gasteiger partial charge in [0, 0.05) is 17.7 Å². The van der Waals surface area contributed by atoms with Crippen molar-refractivity contribution in [2.75, 3.05) is 13.2 Å². The van der Waals surface area contributed by atoms with Crippen molar-refractivity contribution in [2.24, 2.45) is 11.1 Å². The fraction of sp³-hybridized carbons (Fsp3) is 0.286. The zero-order valence-electron chi connectivity index (χ0n) is 17.4. The zero-order valence-corrected chi connectivity index (χ0v) is 17.4. The highest BCUT2D eigenvalue weighted by Gasteiger charge is 2.36. The molecule has 34 heavy (non-hydrogen) atoms. The van der Waals surface area contributed by atoms with E-state index >= 15 is 0 Å². The number of carbonyl (C=O) groups is 2. The second kappa shape index (κ2) is 9.90. The maximum Gasteiger partial charge on any atom is 0.573 e. The summed E-state index contributed by atoms with van der Waals surface area (Å²) >= 11 is 0. The molecule has 0 radical (unpaired) electrons. The standard InChI is InChI=1S/C21H17F6N3O4/c1-19(9-28,10-30-18(32)12-2-5-14(6-3-12)34-21(25,26)27)11-33-16-7-4-13(17(29)31)8-15(16)20(22,23)24/h2-8H,10-11H2,1H3,(H2,29,31)(H,30,32). The van der Waals surface area contributed by atoms with Crippen molar-refractivity contribution in [3.05, 3.63) is 59.2 Å². The number of hydrogen-bond donors (Lipinski definition) is 2. The Hall–Kier alpha value is -3.95. The van der Waals surface area contributed by atoms with E-state index < -0.39 is 53.4 Å². The molecule has 0 saturated heterocycles. The van der Waals surface area contributed by atoms with Crippen LogP contribution in [0.1, 0.15) is 33.2 Å². The van der Waals surface area contributed by atoms with E-state index in [1.807, 2.05) is 6.07 Å². The Morgan fingerprint density at radius 1 is 1.03 bits per heavy atom. The molecule has 2 amide bonds. The summed E-state index contributed by atoms with van der Waals surface area (Å²) in [4.78, 5) is 23.4. The molecule has 1 atom stereocenters.